The third kappa shape index (κ3) is 4.47. The maximum Gasteiger partial charge on any atom is 0.321 e. The number of rotatable bonds is 6. The average molecular weight is 350 g/mol. The summed E-state index contributed by atoms with van der Waals surface area (Å²) >= 11 is 11.7. The molecule has 1 aliphatic heterocycles. The van der Waals surface area contributed by atoms with Crippen LogP contribution in [-0.4, -0.2) is 64.1 Å². The standard InChI is InChI=1S/C14H17Cl2NO5/c15-8-1-2-13(11(16)3-8)22-7-10(19)6-17-5-9(18)4-12(17)14(20)21/h1-3,9-10,12,18-19H,4-7H2,(H,20,21)/t9-,10?,12-/m1/s1. The highest BCUT2D eigenvalue weighted by Gasteiger charge is 2.36. The van der Waals surface area contributed by atoms with Crippen LogP contribution in [0, 0.1) is 0 Å². The SMILES string of the molecule is O=C(O)[C@H]1C[C@@H](O)CN1CC(O)COc1ccc(Cl)cc1Cl. The van der Waals surface area contributed by atoms with Gasteiger partial charge in [0.2, 0.25) is 0 Å². The molecule has 2 rings (SSSR count). The van der Waals surface area contributed by atoms with Crippen LogP contribution in [0.2, 0.25) is 10.0 Å². The van der Waals surface area contributed by atoms with Gasteiger partial charge in [-0.1, -0.05) is 23.2 Å². The summed E-state index contributed by atoms with van der Waals surface area (Å²) in [6.45, 7) is 0.273. The fourth-order valence-corrected chi connectivity index (χ4v) is 2.90. The molecule has 0 saturated carbocycles. The van der Waals surface area contributed by atoms with Crippen molar-refractivity contribution >= 4 is 29.2 Å². The van der Waals surface area contributed by atoms with E-state index in [-0.39, 0.29) is 26.1 Å². The number of benzene rings is 1. The Labute approximate surface area is 137 Å². The molecule has 1 saturated heterocycles. The first-order valence-electron chi connectivity index (χ1n) is 6.77. The summed E-state index contributed by atoms with van der Waals surface area (Å²) in [4.78, 5) is 12.6. The second-order valence-corrected chi connectivity index (χ2v) is 6.08. The van der Waals surface area contributed by atoms with E-state index >= 15 is 0 Å². The molecule has 1 unspecified atom stereocenters. The van der Waals surface area contributed by atoms with Crippen LogP contribution in [0.1, 0.15) is 6.42 Å². The molecule has 1 aromatic carbocycles. The van der Waals surface area contributed by atoms with Gasteiger partial charge >= 0.3 is 5.97 Å². The predicted molar refractivity (Wildman–Crippen MR) is 81.6 cm³/mol. The van der Waals surface area contributed by atoms with Crippen LogP contribution in [0.5, 0.6) is 5.75 Å². The van der Waals surface area contributed by atoms with Crippen LogP contribution in [0.15, 0.2) is 18.2 Å². The first-order chi connectivity index (χ1) is 10.4. The van der Waals surface area contributed by atoms with Gasteiger partial charge in [0.1, 0.15) is 24.5 Å². The van der Waals surface area contributed by atoms with Crippen molar-refractivity contribution in [1.82, 2.24) is 4.90 Å². The smallest absolute Gasteiger partial charge is 0.321 e. The van der Waals surface area contributed by atoms with Crippen molar-refractivity contribution < 1.29 is 24.9 Å². The Balaban J connectivity index is 1.87. The summed E-state index contributed by atoms with van der Waals surface area (Å²) in [5, 5.41) is 29.4. The summed E-state index contributed by atoms with van der Waals surface area (Å²) in [6.07, 6.45) is -1.44. The molecule has 3 N–H and O–H groups in total. The summed E-state index contributed by atoms with van der Waals surface area (Å²) in [6, 6.07) is 3.95. The first kappa shape index (κ1) is 17.3. The van der Waals surface area contributed by atoms with Crippen molar-refractivity contribution in [2.75, 3.05) is 19.7 Å². The molecule has 1 aliphatic rings. The van der Waals surface area contributed by atoms with Crippen molar-refractivity contribution in [3.05, 3.63) is 28.2 Å². The molecule has 3 atom stereocenters. The molecule has 1 aromatic rings. The van der Waals surface area contributed by atoms with Crippen molar-refractivity contribution in [2.45, 2.75) is 24.7 Å². The third-order valence-corrected chi connectivity index (χ3v) is 3.97. The third-order valence-electron chi connectivity index (χ3n) is 3.44. The molecule has 8 heteroatoms. The number of likely N-dealkylation sites (tertiary alicyclic amines) is 1. The number of carboxylic acid groups (broad SMARTS) is 1. The zero-order chi connectivity index (χ0) is 16.3. The van der Waals surface area contributed by atoms with Gasteiger partial charge in [0.25, 0.3) is 0 Å². The van der Waals surface area contributed by atoms with Crippen molar-refractivity contribution in [3.63, 3.8) is 0 Å². The lowest BCUT2D eigenvalue weighted by molar-refractivity contribution is -0.142. The lowest BCUT2D eigenvalue weighted by atomic mass is 10.2. The predicted octanol–water partition coefficient (Wildman–Crippen LogP) is 1.25. The first-order valence-corrected chi connectivity index (χ1v) is 7.53. The van der Waals surface area contributed by atoms with Gasteiger partial charge in [-0.05, 0) is 18.2 Å². The number of aliphatic hydroxyl groups is 2. The fourth-order valence-electron chi connectivity index (χ4n) is 2.44. The van der Waals surface area contributed by atoms with E-state index in [4.69, 9.17) is 33.0 Å². The summed E-state index contributed by atoms with van der Waals surface area (Å²) in [5.41, 5.74) is 0. The molecule has 0 amide bonds. The van der Waals surface area contributed by atoms with Gasteiger partial charge in [-0.15, -0.1) is 0 Å². The molecule has 0 aromatic heterocycles. The molecule has 122 valence electrons. The number of aliphatic hydroxyl groups excluding tert-OH is 2. The molecule has 0 aliphatic carbocycles. The highest BCUT2D eigenvalue weighted by Crippen LogP contribution is 2.27. The Morgan fingerprint density at radius 3 is 2.82 bits per heavy atom. The molecule has 22 heavy (non-hydrogen) atoms. The second-order valence-electron chi connectivity index (χ2n) is 5.24. The highest BCUT2D eigenvalue weighted by atomic mass is 35.5. The maximum atomic E-state index is 11.1. The minimum atomic E-state index is -1.01. The molecular weight excluding hydrogens is 333 g/mol. The number of hydrogen-bond donors (Lipinski definition) is 3. The van der Waals surface area contributed by atoms with E-state index in [9.17, 15) is 15.0 Å². The zero-order valence-corrected chi connectivity index (χ0v) is 13.2. The number of hydrogen-bond acceptors (Lipinski definition) is 5. The lowest BCUT2D eigenvalue weighted by Gasteiger charge is -2.23. The molecule has 0 radical (unpaired) electrons. The van der Waals surface area contributed by atoms with Crippen LogP contribution < -0.4 is 4.74 Å². The van der Waals surface area contributed by atoms with Gasteiger partial charge in [-0.25, -0.2) is 0 Å². The van der Waals surface area contributed by atoms with E-state index in [1.165, 1.54) is 11.0 Å². The van der Waals surface area contributed by atoms with Gasteiger partial charge in [0.15, 0.2) is 0 Å². The van der Waals surface area contributed by atoms with Crippen LogP contribution in [0.25, 0.3) is 0 Å². The molecule has 1 heterocycles. The monoisotopic (exact) mass is 349 g/mol. The summed E-state index contributed by atoms with van der Waals surface area (Å²) < 4.78 is 5.41. The van der Waals surface area contributed by atoms with Gasteiger partial charge in [-0.3, -0.25) is 9.69 Å². The molecule has 1 fully saturated rings. The van der Waals surface area contributed by atoms with Crippen LogP contribution in [0.4, 0.5) is 0 Å². The van der Waals surface area contributed by atoms with Gasteiger partial charge in [0, 0.05) is 24.5 Å². The number of nitrogens with zero attached hydrogens (tertiary/aromatic N) is 1. The van der Waals surface area contributed by atoms with Crippen LogP contribution in [-0.2, 0) is 4.79 Å². The minimum Gasteiger partial charge on any atom is -0.489 e. The molecular formula is C14H17Cl2NO5. The Kier molecular flexibility index (Phi) is 5.88. The van der Waals surface area contributed by atoms with Gasteiger partial charge in [0.05, 0.1) is 11.1 Å². The van der Waals surface area contributed by atoms with Crippen molar-refractivity contribution in [2.24, 2.45) is 0 Å². The number of carboxylic acids is 1. The lowest BCUT2D eigenvalue weighted by Crippen LogP contribution is -2.42. The van der Waals surface area contributed by atoms with E-state index in [0.29, 0.717) is 15.8 Å². The Hall–Kier alpha value is -1.05. The quantitative estimate of drug-likeness (QED) is 0.716. The van der Waals surface area contributed by atoms with Crippen molar-refractivity contribution in [1.29, 1.82) is 0 Å². The normalized spacial score (nSPS) is 23.5. The second kappa shape index (κ2) is 7.48. The molecule has 0 bridgehead atoms. The Morgan fingerprint density at radius 1 is 1.45 bits per heavy atom. The number of halogens is 2. The molecule has 0 spiro atoms. The van der Waals surface area contributed by atoms with E-state index in [1.54, 1.807) is 12.1 Å². The van der Waals surface area contributed by atoms with Gasteiger partial charge in [-0.2, -0.15) is 0 Å². The number of aliphatic carboxylic acids is 1. The average Bonchev–Trinajstić information content (AvgIpc) is 2.78. The fraction of sp³-hybridized carbons (Fsp3) is 0.500. The Morgan fingerprint density at radius 2 is 2.18 bits per heavy atom. The maximum absolute atomic E-state index is 11.1. The zero-order valence-electron chi connectivity index (χ0n) is 11.7. The number of ether oxygens (including phenoxy) is 1. The molecule has 6 nitrogen and oxygen atoms in total. The topological polar surface area (TPSA) is 90.2 Å². The summed E-state index contributed by atoms with van der Waals surface area (Å²) in [5.74, 6) is -0.619. The van der Waals surface area contributed by atoms with Crippen molar-refractivity contribution in [3.8, 4) is 5.75 Å². The minimum absolute atomic E-state index is 0.0414. The van der Waals surface area contributed by atoms with Gasteiger partial charge < -0.3 is 20.1 Å². The summed E-state index contributed by atoms with van der Waals surface area (Å²) in [7, 11) is 0. The van der Waals surface area contributed by atoms with Crippen LogP contribution >= 0.6 is 23.2 Å². The van der Waals surface area contributed by atoms with E-state index in [0.717, 1.165) is 0 Å². The van der Waals surface area contributed by atoms with E-state index in [1.807, 2.05) is 0 Å². The highest BCUT2D eigenvalue weighted by molar-refractivity contribution is 6.35. The van der Waals surface area contributed by atoms with E-state index < -0.39 is 24.2 Å². The number of carbonyl (C=O) groups is 1. The number of β-amino-alcohol motifs (C(OH)–C–C–N with tert-alkyl or cyclic N) is 2. The van der Waals surface area contributed by atoms with Crippen LogP contribution in [0.3, 0.4) is 0 Å². The Bertz CT molecular complexity index is 542. The van der Waals surface area contributed by atoms with E-state index in [2.05, 4.69) is 0 Å². The largest absolute Gasteiger partial charge is 0.489 e.